The number of rotatable bonds is 6. The zero-order chi connectivity index (χ0) is 21.3. The summed E-state index contributed by atoms with van der Waals surface area (Å²) in [6.45, 7) is 3.40. The third-order valence-corrected chi connectivity index (χ3v) is 5.96. The molecule has 2 fully saturated rings. The van der Waals surface area contributed by atoms with Crippen LogP contribution in [-0.2, 0) is 4.74 Å². The lowest BCUT2D eigenvalue weighted by atomic mass is 10.2. The van der Waals surface area contributed by atoms with E-state index in [0.717, 1.165) is 54.5 Å². The lowest BCUT2D eigenvalue weighted by Crippen LogP contribution is -2.36. The first-order chi connectivity index (χ1) is 15.8. The highest BCUT2D eigenvalue weighted by Gasteiger charge is 2.25. The average Bonchev–Trinajstić information content (AvgIpc) is 3.59. The standard InChI is InChI=1S/C24H25N7O/c1-2-4-20-19(3-1)23(27-22-15-21(29-30-22)16-5-6-16)28-24(26-20)25-17-7-9-18(10-8-17)31-11-13-32-14-12-31/h1-4,7-10,15-16H,5-6,11-14H2,(H3,25,26,27,28,29,30). The largest absolute Gasteiger partial charge is 0.378 e. The number of aromatic nitrogens is 4. The van der Waals surface area contributed by atoms with Gasteiger partial charge < -0.3 is 20.3 Å². The SMILES string of the molecule is c1ccc2c(Nc3cc(C4CC4)[nH]n3)nc(Nc3ccc(N4CCOCC4)cc3)nc2c1. The summed E-state index contributed by atoms with van der Waals surface area (Å²) in [6, 6.07) is 18.4. The second kappa shape index (κ2) is 8.12. The van der Waals surface area contributed by atoms with Gasteiger partial charge in [0.15, 0.2) is 5.82 Å². The monoisotopic (exact) mass is 427 g/mol. The van der Waals surface area contributed by atoms with Crippen molar-refractivity contribution in [1.82, 2.24) is 20.2 Å². The number of hydrogen-bond donors (Lipinski definition) is 3. The van der Waals surface area contributed by atoms with Gasteiger partial charge in [-0.2, -0.15) is 10.1 Å². The minimum absolute atomic E-state index is 0.545. The zero-order valence-corrected chi connectivity index (χ0v) is 17.7. The van der Waals surface area contributed by atoms with Gasteiger partial charge in [-0.15, -0.1) is 0 Å². The second-order valence-electron chi connectivity index (χ2n) is 8.29. The normalized spacial score (nSPS) is 16.3. The number of aromatic amines is 1. The molecule has 0 spiro atoms. The van der Waals surface area contributed by atoms with Crippen molar-refractivity contribution >= 4 is 39.9 Å². The number of para-hydroxylation sites is 1. The minimum atomic E-state index is 0.545. The van der Waals surface area contributed by atoms with Crippen LogP contribution in [0.2, 0.25) is 0 Å². The number of hydrogen-bond acceptors (Lipinski definition) is 7. The first-order valence-corrected chi connectivity index (χ1v) is 11.1. The fourth-order valence-corrected chi connectivity index (χ4v) is 4.06. The van der Waals surface area contributed by atoms with Crippen LogP contribution >= 0.6 is 0 Å². The van der Waals surface area contributed by atoms with E-state index in [1.165, 1.54) is 24.2 Å². The van der Waals surface area contributed by atoms with E-state index in [1.807, 2.05) is 24.3 Å². The molecule has 3 N–H and O–H groups in total. The van der Waals surface area contributed by atoms with Gasteiger partial charge in [0.25, 0.3) is 0 Å². The highest BCUT2D eigenvalue weighted by molar-refractivity contribution is 5.91. The zero-order valence-electron chi connectivity index (χ0n) is 17.7. The Labute approximate surface area is 186 Å². The van der Waals surface area contributed by atoms with E-state index in [4.69, 9.17) is 14.7 Å². The third kappa shape index (κ3) is 3.97. The summed E-state index contributed by atoms with van der Waals surface area (Å²) in [5.41, 5.74) is 4.20. The fraction of sp³-hybridized carbons (Fsp3) is 0.292. The van der Waals surface area contributed by atoms with Gasteiger partial charge in [0, 0.05) is 47.5 Å². The third-order valence-electron chi connectivity index (χ3n) is 5.96. The van der Waals surface area contributed by atoms with Gasteiger partial charge in [-0.1, -0.05) is 12.1 Å². The Bertz CT molecular complexity index is 1230. The van der Waals surface area contributed by atoms with Crippen molar-refractivity contribution in [2.45, 2.75) is 18.8 Å². The van der Waals surface area contributed by atoms with E-state index in [-0.39, 0.29) is 0 Å². The summed E-state index contributed by atoms with van der Waals surface area (Å²) in [5, 5.41) is 15.2. The number of morpholine rings is 1. The minimum Gasteiger partial charge on any atom is -0.378 e. The van der Waals surface area contributed by atoms with Gasteiger partial charge >= 0.3 is 0 Å². The van der Waals surface area contributed by atoms with Gasteiger partial charge in [0.2, 0.25) is 5.95 Å². The number of fused-ring (bicyclic) bond motifs is 1. The molecule has 1 saturated carbocycles. The summed E-state index contributed by atoms with van der Waals surface area (Å²) < 4.78 is 5.45. The molecule has 8 nitrogen and oxygen atoms in total. The molecule has 1 aliphatic heterocycles. The summed E-state index contributed by atoms with van der Waals surface area (Å²) in [6.07, 6.45) is 2.47. The van der Waals surface area contributed by atoms with Gasteiger partial charge in [-0.05, 0) is 49.2 Å². The Kier molecular flexibility index (Phi) is 4.84. The predicted molar refractivity (Wildman–Crippen MR) is 126 cm³/mol. The molecule has 1 aliphatic carbocycles. The molecule has 0 unspecified atom stereocenters. The van der Waals surface area contributed by atoms with E-state index in [2.05, 4.69) is 56.1 Å². The van der Waals surface area contributed by atoms with Crippen molar-refractivity contribution in [1.29, 1.82) is 0 Å². The number of benzene rings is 2. The Morgan fingerprint density at radius 3 is 2.56 bits per heavy atom. The van der Waals surface area contributed by atoms with Crippen LogP contribution in [0, 0.1) is 0 Å². The molecule has 32 heavy (non-hydrogen) atoms. The van der Waals surface area contributed by atoms with Gasteiger partial charge in [0.05, 0.1) is 18.7 Å². The average molecular weight is 428 g/mol. The molecule has 8 heteroatoms. The van der Waals surface area contributed by atoms with E-state index in [9.17, 15) is 0 Å². The first-order valence-electron chi connectivity index (χ1n) is 11.1. The lowest BCUT2D eigenvalue weighted by Gasteiger charge is -2.28. The van der Waals surface area contributed by atoms with Crippen molar-refractivity contribution in [3.63, 3.8) is 0 Å². The smallest absolute Gasteiger partial charge is 0.229 e. The molecule has 4 aromatic rings. The quantitative estimate of drug-likeness (QED) is 0.416. The molecule has 1 saturated heterocycles. The molecule has 0 amide bonds. The van der Waals surface area contributed by atoms with Gasteiger partial charge in [-0.25, -0.2) is 4.98 Å². The number of H-pyrrole nitrogens is 1. The van der Waals surface area contributed by atoms with Crippen molar-refractivity contribution in [3.8, 4) is 0 Å². The van der Waals surface area contributed by atoms with Crippen LogP contribution in [0.15, 0.2) is 54.6 Å². The molecular weight excluding hydrogens is 402 g/mol. The van der Waals surface area contributed by atoms with Crippen LogP contribution in [0.1, 0.15) is 24.5 Å². The highest BCUT2D eigenvalue weighted by atomic mass is 16.5. The number of ether oxygens (including phenoxy) is 1. The fourth-order valence-electron chi connectivity index (χ4n) is 4.06. The van der Waals surface area contributed by atoms with Gasteiger partial charge in [0.1, 0.15) is 5.82 Å². The Morgan fingerprint density at radius 1 is 0.938 bits per heavy atom. The summed E-state index contributed by atoms with van der Waals surface area (Å²) in [4.78, 5) is 11.8. The maximum Gasteiger partial charge on any atom is 0.229 e. The summed E-state index contributed by atoms with van der Waals surface area (Å²) in [7, 11) is 0. The van der Waals surface area contributed by atoms with E-state index in [1.54, 1.807) is 0 Å². The van der Waals surface area contributed by atoms with Crippen molar-refractivity contribution < 1.29 is 4.74 Å². The topological polar surface area (TPSA) is 91.0 Å². The Hall–Kier alpha value is -3.65. The molecule has 2 aliphatic rings. The van der Waals surface area contributed by atoms with Crippen LogP contribution in [0.3, 0.4) is 0 Å². The van der Waals surface area contributed by atoms with Crippen LogP contribution in [0.25, 0.3) is 10.9 Å². The molecule has 3 heterocycles. The maximum atomic E-state index is 5.45. The predicted octanol–water partition coefficient (Wildman–Crippen LogP) is 4.55. The second-order valence-corrected chi connectivity index (χ2v) is 8.29. The van der Waals surface area contributed by atoms with Crippen LogP contribution in [-0.4, -0.2) is 46.5 Å². The highest BCUT2D eigenvalue weighted by Crippen LogP contribution is 2.39. The van der Waals surface area contributed by atoms with Crippen molar-refractivity contribution in [3.05, 3.63) is 60.3 Å². The van der Waals surface area contributed by atoms with E-state index in [0.29, 0.717) is 11.9 Å². The Balaban J connectivity index is 1.25. The summed E-state index contributed by atoms with van der Waals surface area (Å²) in [5.74, 6) is 2.68. The number of nitrogens with zero attached hydrogens (tertiary/aromatic N) is 4. The molecule has 0 radical (unpaired) electrons. The first kappa shape index (κ1) is 19.1. The van der Waals surface area contributed by atoms with E-state index < -0.39 is 0 Å². The molecule has 2 aromatic carbocycles. The molecule has 0 bridgehead atoms. The van der Waals surface area contributed by atoms with Crippen LogP contribution < -0.4 is 15.5 Å². The van der Waals surface area contributed by atoms with Crippen molar-refractivity contribution in [2.24, 2.45) is 0 Å². The molecule has 2 aromatic heterocycles. The Morgan fingerprint density at radius 2 is 1.75 bits per heavy atom. The summed E-state index contributed by atoms with van der Waals surface area (Å²) >= 11 is 0. The molecule has 0 atom stereocenters. The van der Waals surface area contributed by atoms with Gasteiger partial charge in [-0.3, -0.25) is 5.10 Å². The maximum absolute atomic E-state index is 5.45. The molecule has 6 rings (SSSR count). The van der Waals surface area contributed by atoms with E-state index >= 15 is 0 Å². The van der Waals surface area contributed by atoms with Crippen LogP contribution in [0.5, 0.6) is 0 Å². The number of anilines is 5. The van der Waals surface area contributed by atoms with Crippen molar-refractivity contribution in [2.75, 3.05) is 41.8 Å². The number of nitrogens with one attached hydrogen (secondary N) is 3. The van der Waals surface area contributed by atoms with Crippen LogP contribution in [0.4, 0.5) is 29.0 Å². The molecular formula is C24H25N7O. The molecule has 162 valence electrons. The lowest BCUT2D eigenvalue weighted by molar-refractivity contribution is 0.122.